The van der Waals surface area contributed by atoms with Gasteiger partial charge in [0.2, 0.25) is 0 Å². The van der Waals surface area contributed by atoms with Crippen molar-refractivity contribution in [1.29, 1.82) is 0 Å². The van der Waals surface area contributed by atoms with Gasteiger partial charge in [-0.15, -0.1) is 0 Å². The number of unbranched alkanes of at least 4 members (excludes halogenated alkanes) is 2. The molecule has 0 fully saturated rings. The van der Waals surface area contributed by atoms with Gasteiger partial charge in [-0.25, -0.2) is 0 Å². The highest BCUT2D eigenvalue weighted by molar-refractivity contribution is 14.1. The van der Waals surface area contributed by atoms with Gasteiger partial charge in [-0.1, -0.05) is 42.4 Å². The molecule has 0 aromatic carbocycles. The van der Waals surface area contributed by atoms with E-state index in [0.717, 1.165) is 6.92 Å². The number of aliphatic carboxylic acids is 1. The minimum Gasteiger partial charge on any atom is -0.481 e. The maximum absolute atomic E-state index is 9.00. The smallest absolute Gasteiger partial charge is 0.300 e. The molecule has 0 radical (unpaired) electrons. The number of hydrogen-bond donors (Lipinski definition) is 1. The van der Waals surface area contributed by atoms with Gasteiger partial charge >= 0.3 is 0 Å². The van der Waals surface area contributed by atoms with Crippen molar-refractivity contribution >= 4 is 28.6 Å². The number of carbonyl (C=O) groups is 1. The van der Waals surface area contributed by atoms with E-state index in [1.54, 1.807) is 0 Å². The summed E-state index contributed by atoms with van der Waals surface area (Å²) in [6.45, 7) is 3.31. The molecule has 0 saturated carbocycles. The van der Waals surface area contributed by atoms with Crippen molar-refractivity contribution in [2.24, 2.45) is 0 Å². The number of hydrogen-bond acceptors (Lipinski definition) is 1. The number of alkyl halides is 1. The van der Waals surface area contributed by atoms with Crippen LogP contribution >= 0.6 is 22.6 Å². The third-order valence-corrected chi connectivity index (χ3v) is 1.50. The second-order valence-electron chi connectivity index (χ2n) is 1.92. The Morgan fingerprint density at radius 3 is 2.00 bits per heavy atom. The van der Waals surface area contributed by atoms with E-state index in [1.807, 2.05) is 0 Å². The second-order valence-corrected chi connectivity index (χ2v) is 2.99. The number of halogens is 1. The number of carboxylic acids is 1. The molecule has 0 aromatic rings. The molecule has 2 nitrogen and oxygen atoms in total. The van der Waals surface area contributed by atoms with Crippen LogP contribution in [0.15, 0.2) is 0 Å². The molecule has 0 aromatic heterocycles. The normalized spacial score (nSPS) is 7.90. The van der Waals surface area contributed by atoms with E-state index in [0.29, 0.717) is 0 Å². The average Bonchev–Trinajstić information content (AvgIpc) is 1.82. The van der Waals surface area contributed by atoms with Gasteiger partial charge in [-0.3, -0.25) is 4.79 Å². The largest absolute Gasteiger partial charge is 0.481 e. The topological polar surface area (TPSA) is 37.3 Å². The molecule has 0 heterocycles. The Kier molecular flexibility index (Phi) is 15.3. The average molecular weight is 258 g/mol. The van der Waals surface area contributed by atoms with Crippen molar-refractivity contribution in [3.63, 3.8) is 0 Å². The standard InChI is InChI=1S/C5H11I.C2H4O2/c1-2-3-4-5-6;1-2(3)4/h2-5H2,1H3;1H3,(H,3,4). The van der Waals surface area contributed by atoms with E-state index in [2.05, 4.69) is 29.5 Å². The van der Waals surface area contributed by atoms with Gasteiger partial charge in [0.1, 0.15) is 0 Å². The second kappa shape index (κ2) is 11.9. The summed E-state index contributed by atoms with van der Waals surface area (Å²) < 4.78 is 1.32. The zero-order valence-corrected chi connectivity index (χ0v) is 8.72. The Balaban J connectivity index is 0. The van der Waals surface area contributed by atoms with Crippen molar-refractivity contribution in [3.05, 3.63) is 0 Å². The summed E-state index contributed by atoms with van der Waals surface area (Å²) in [5, 5.41) is 7.42. The van der Waals surface area contributed by atoms with Crippen molar-refractivity contribution in [2.75, 3.05) is 4.43 Å². The lowest BCUT2D eigenvalue weighted by molar-refractivity contribution is -0.134. The molecule has 0 unspecified atom stereocenters. The molecule has 0 rings (SSSR count). The molecule has 0 saturated heterocycles. The third-order valence-electron chi connectivity index (χ3n) is 0.737. The quantitative estimate of drug-likeness (QED) is 0.480. The lowest BCUT2D eigenvalue weighted by Gasteiger charge is -1.85. The highest BCUT2D eigenvalue weighted by atomic mass is 127. The Labute approximate surface area is 76.2 Å². The maximum atomic E-state index is 9.00. The fourth-order valence-corrected chi connectivity index (χ4v) is 0.884. The molecular weight excluding hydrogens is 243 g/mol. The van der Waals surface area contributed by atoms with Gasteiger partial charge in [0.25, 0.3) is 5.97 Å². The Morgan fingerprint density at radius 1 is 1.50 bits per heavy atom. The number of rotatable bonds is 3. The molecule has 1 N–H and O–H groups in total. The first-order valence-electron chi connectivity index (χ1n) is 3.40. The lowest BCUT2D eigenvalue weighted by Crippen LogP contribution is -1.78. The summed E-state index contributed by atoms with van der Waals surface area (Å²) in [5.41, 5.74) is 0. The minimum atomic E-state index is -0.833. The van der Waals surface area contributed by atoms with Gasteiger partial charge in [0, 0.05) is 6.92 Å². The molecule has 0 bridgehead atoms. The monoisotopic (exact) mass is 258 g/mol. The summed E-state index contributed by atoms with van der Waals surface area (Å²) in [4.78, 5) is 9.00. The van der Waals surface area contributed by atoms with Crippen molar-refractivity contribution in [2.45, 2.75) is 33.1 Å². The van der Waals surface area contributed by atoms with Crippen LogP contribution in [0.2, 0.25) is 0 Å². The van der Waals surface area contributed by atoms with E-state index in [1.165, 1.54) is 23.7 Å². The Bertz CT molecular complexity index is 66.0. The molecule has 0 spiro atoms. The molecule has 0 aliphatic carbocycles. The van der Waals surface area contributed by atoms with E-state index in [-0.39, 0.29) is 0 Å². The first-order valence-corrected chi connectivity index (χ1v) is 4.93. The maximum Gasteiger partial charge on any atom is 0.300 e. The molecule has 3 heteroatoms. The first kappa shape index (κ1) is 12.8. The summed E-state index contributed by atoms with van der Waals surface area (Å²) in [6, 6.07) is 0. The zero-order valence-electron chi connectivity index (χ0n) is 6.56. The van der Waals surface area contributed by atoms with Gasteiger partial charge in [0.05, 0.1) is 0 Å². The number of carboxylic acid groups (broad SMARTS) is 1. The highest BCUT2D eigenvalue weighted by Gasteiger charge is 1.76. The first-order chi connectivity index (χ1) is 4.65. The molecule has 62 valence electrons. The van der Waals surface area contributed by atoms with Gasteiger partial charge in [-0.2, -0.15) is 0 Å². The summed E-state index contributed by atoms with van der Waals surface area (Å²) in [5.74, 6) is -0.833. The third kappa shape index (κ3) is 41.5. The van der Waals surface area contributed by atoms with Gasteiger partial charge in [0.15, 0.2) is 0 Å². The SMILES string of the molecule is CC(=O)O.CCCCCI. The Hall–Kier alpha value is 0.200. The molecule has 0 amide bonds. The predicted molar refractivity (Wildman–Crippen MR) is 51.7 cm³/mol. The van der Waals surface area contributed by atoms with E-state index >= 15 is 0 Å². The van der Waals surface area contributed by atoms with Crippen molar-refractivity contribution < 1.29 is 9.90 Å². The minimum absolute atomic E-state index is 0.833. The van der Waals surface area contributed by atoms with Crippen LogP contribution in [0.4, 0.5) is 0 Å². The van der Waals surface area contributed by atoms with E-state index < -0.39 is 5.97 Å². The molecule has 0 aliphatic rings. The van der Waals surface area contributed by atoms with Crippen LogP contribution in [0.25, 0.3) is 0 Å². The highest BCUT2D eigenvalue weighted by Crippen LogP contribution is 1.96. The van der Waals surface area contributed by atoms with Gasteiger partial charge in [-0.05, 0) is 10.8 Å². The van der Waals surface area contributed by atoms with Crippen LogP contribution in [-0.2, 0) is 4.79 Å². The van der Waals surface area contributed by atoms with E-state index in [9.17, 15) is 0 Å². The van der Waals surface area contributed by atoms with Crippen LogP contribution in [0.1, 0.15) is 33.1 Å². The van der Waals surface area contributed by atoms with Crippen molar-refractivity contribution in [3.8, 4) is 0 Å². The van der Waals surface area contributed by atoms with E-state index in [4.69, 9.17) is 9.90 Å². The van der Waals surface area contributed by atoms with Gasteiger partial charge < -0.3 is 5.11 Å². The van der Waals surface area contributed by atoms with Crippen LogP contribution in [-0.4, -0.2) is 15.5 Å². The summed E-state index contributed by atoms with van der Waals surface area (Å²) in [6.07, 6.45) is 4.16. The summed E-state index contributed by atoms with van der Waals surface area (Å²) >= 11 is 2.41. The molecule has 10 heavy (non-hydrogen) atoms. The fraction of sp³-hybridized carbons (Fsp3) is 0.857. The molecular formula is C7H15IO2. The summed E-state index contributed by atoms with van der Waals surface area (Å²) in [7, 11) is 0. The zero-order chi connectivity index (χ0) is 8.41. The van der Waals surface area contributed by atoms with Crippen LogP contribution in [0.3, 0.4) is 0 Å². The van der Waals surface area contributed by atoms with Crippen LogP contribution < -0.4 is 0 Å². The Morgan fingerprint density at radius 2 is 1.90 bits per heavy atom. The molecule has 0 atom stereocenters. The predicted octanol–water partition coefficient (Wildman–Crippen LogP) is 2.70. The molecule has 0 aliphatic heterocycles. The van der Waals surface area contributed by atoms with Crippen molar-refractivity contribution in [1.82, 2.24) is 0 Å². The van der Waals surface area contributed by atoms with Crippen LogP contribution in [0, 0.1) is 0 Å². The fourth-order valence-electron chi connectivity index (χ4n) is 0.344. The lowest BCUT2D eigenvalue weighted by atomic mass is 10.3. The van der Waals surface area contributed by atoms with Crippen LogP contribution in [0.5, 0.6) is 0 Å².